The minimum Gasteiger partial charge on any atom is -0.493 e. The van der Waals surface area contributed by atoms with Gasteiger partial charge in [0.25, 0.3) is 5.91 Å². The van der Waals surface area contributed by atoms with Crippen molar-refractivity contribution in [1.29, 1.82) is 5.41 Å². The summed E-state index contributed by atoms with van der Waals surface area (Å²) >= 11 is 7.43. The molecule has 1 amide bonds. The van der Waals surface area contributed by atoms with Crippen LogP contribution >= 0.6 is 23.4 Å². The molecule has 4 rings (SSSR count). The lowest BCUT2D eigenvalue weighted by Gasteiger charge is -2.20. The van der Waals surface area contributed by atoms with Crippen LogP contribution in [0.2, 0.25) is 5.02 Å². The van der Waals surface area contributed by atoms with Gasteiger partial charge in [0.15, 0.2) is 5.84 Å². The molecule has 7 nitrogen and oxygen atoms in total. The Labute approximate surface area is 201 Å². The lowest BCUT2D eigenvalue weighted by Crippen LogP contribution is -2.35. The molecule has 2 aromatic carbocycles. The molecule has 0 aliphatic carbocycles. The van der Waals surface area contributed by atoms with E-state index in [2.05, 4.69) is 10.1 Å². The first-order chi connectivity index (χ1) is 15.9. The van der Waals surface area contributed by atoms with Crippen LogP contribution in [0.15, 0.2) is 64.2 Å². The normalized spacial score (nSPS) is 16.7. The van der Waals surface area contributed by atoms with Gasteiger partial charge in [0.1, 0.15) is 16.5 Å². The molecule has 0 radical (unpaired) electrons. The standard InChI is InChI=1S/C24H23ClN4O3S/c1-15(2)23-28-29-21(26)17(22(30)27-24(29)33-23)14-16-8-3-5-10-19(16)31-12-7-13-32-20-11-6-4-9-18(20)25/h3-6,8-11,14-15,26H,7,12-13H2,1-2H3/b17-14-,26-21?. The number of carbonyl (C=O) groups is 1. The van der Waals surface area contributed by atoms with Crippen LogP contribution in [-0.4, -0.2) is 40.2 Å². The Kier molecular flexibility index (Phi) is 7.15. The number of benzene rings is 2. The summed E-state index contributed by atoms with van der Waals surface area (Å²) in [6.07, 6.45) is 2.28. The molecule has 0 spiro atoms. The fourth-order valence-electron chi connectivity index (χ4n) is 3.11. The summed E-state index contributed by atoms with van der Waals surface area (Å²) in [5.74, 6) is 0.995. The van der Waals surface area contributed by atoms with Gasteiger partial charge < -0.3 is 9.47 Å². The first-order valence-corrected chi connectivity index (χ1v) is 11.7. The lowest BCUT2D eigenvalue weighted by atomic mass is 10.1. The van der Waals surface area contributed by atoms with Crippen molar-refractivity contribution < 1.29 is 14.3 Å². The summed E-state index contributed by atoms with van der Waals surface area (Å²) in [5, 5.41) is 16.2. The van der Waals surface area contributed by atoms with Gasteiger partial charge in [0.05, 0.1) is 23.8 Å². The predicted molar refractivity (Wildman–Crippen MR) is 133 cm³/mol. The van der Waals surface area contributed by atoms with Crippen molar-refractivity contribution in [2.45, 2.75) is 20.3 Å². The third-order valence-electron chi connectivity index (χ3n) is 4.82. The number of fused-ring (bicyclic) bond motifs is 1. The van der Waals surface area contributed by atoms with E-state index in [-0.39, 0.29) is 17.3 Å². The topological polar surface area (TPSA) is 87.3 Å². The van der Waals surface area contributed by atoms with Gasteiger partial charge in [-0.25, -0.2) is 0 Å². The van der Waals surface area contributed by atoms with Gasteiger partial charge >= 0.3 is 0 Å². The fourth-order valence-corrected chi connectivity index (χ4v) is 4.19. The fraction of sp³-hybridized carbons (Fsp3) is 0.250. The van der Waals surface area contributed by atoms with Crippen molar-refractivity contribution in [3.8, 4) is 11.5 Å². The van der Waals surface area contributed by atoms with Crippen LogP contribution in [0.3, 0.4) is 0 Å². The second-order valence-electron chi connectivity index (χ2n) is 7.63. The second-order valence-corrected chi connectivity index (χ2v) is 9.03. The highest BCUT2D eigenvalue weighted by atomic mass is 35.5. The molecule has 2 aromatic rings. The number of hydrogen-bond acceptors (Lipinski definition) is 6. The summed E-state index contributed by atoms with van der Waals surface area (Å²) in [6.45, 7) is 4.90. The number of nitrogens with zero attached hydrogens (tertiary/aromatic N) is 3. The van der Waals surface area contributed by atoms with Crippen molar-refractivity contribution in [2.24, 2.45) is 16.0 Å². The highest BCUT2D eigenvalue weighted by Crippen LogP contribution is 2.31. The zero-order valence-electron chi connectivity index (χ0n) is 18.2. The number of hydrogen-bond donors (Lipinski definition) is 1. The van der Waals surface area contributed by atoms with Gasteiger partial charge in [-0.1, -0.05) is 55.8 Å². The molecule has 0 aromatic heterocycles. The SMILES string of the molecule is CC(C)C1=NN2C(=N)/C(=C/c3ccccc3OCCCOc3ccccc3Cl)C(=O)N=C2S1. The number of amides is 1. The Morgan fingerprint density at radius 2 is 1.76 bits per heavy atom. The van der Waals surface area contributed by atoms with E-state index in [9.17, 15) is 4.79 Å². The van der Waals surface area contributed by atoms with E-state index in [4.69, 9.17) is 26.5 Å². The highest BCUT2D eigenvalue weighted by molar-refractivity contribution is 8.27. The largest absolute Gasteiger partial charge is 0.493 e. The van der Waals surface area contributed by atoms with Crippen LogP contribution in [-0.2, 0) is 4.79 Å². The number of ether oxygens (including phenoxy) is 2. The number of halogens is 1. The maximum Gasteiger partial charge on any atom is 0.283 e. The summed E-state index contributed by atoms with van der Waals surface area (Å²) in [4.78, 5) is 16.8. The number of para-hydroxylation sites is 2. The van der Waals surface area contributed by atoms with E-state index in [1.54, 1.807) is 12.1 Å². The first kappa shape index (κ1) is 23.1. The molecule has 0 unspecified atom stereocenters. The van der Waals surface area contributed by atoms with Crippen molar-refractivity contribution in [3.05, 3.63) is 64.7 Å². The molecule has 1 N–H and O–H groups in total. The average molecular weight is 483 g/mol. The Balaban J connectivity index is 1.42. The van der Waals surface area contributed by atoms with E-state index in [1.165, 1.54) is 16.8 Å². The predicted octanol–water partition coefficient (Wildman–Crippen LogP) is 5.46. The highest BCUT2D eigenvalue weighted by Gasteiger charge is 2.36. The van der Waals surface area contributed by atoms with Gasteiger partial charge in [0, 0.05) is 17.9 Å². The van der Waals surface area contributed by atoms with Gasteiger partial charge in [-0.05, 0) is 36.0 Å². The number of amidine groups is 2. The Hall–Kier alpha value is -3.10. The molecule has 0 atom stereocenters. The molecule has 33 heavy (non-hydrogen) atoms. The zero-order valence-corrected chi connectivity index (χ0v) is 19.8. The van der Waals surface area contributed by atoms with Gasteiger partial charge in [-0.15, -0.1) is 0 Å². The molecule has 170 valence electrons. The smallest absolute Gasteiger partial charge is 0.283 e. The quantitative estimate of drug-likeness (QED) is 0.398. The number of hydrazone groups is 1. The minimum absolute atomic E-state index is 0.0103. The maximum absolute atomic E-state index is 12.6. The molecule has 2 heterocycles. The summed E-state index contributed by atoms with van der Waals surface area (Å²) in [7, 11) is 0. The Morgan fingerprint density at radius 1 is 1.09 bits per heavy atom. The average Bonchev–Trinajstić information content (AvgIpc) is 3.23. The molecule has 0 saturated heterocycles. The third-order valence-corrected chi connectivity index (χ3v) is 6.34. The van der Waals surface area contributed by atoms with Crippen LogP contribution < -0.4 is 9.47 Å². The van der Waals surface area contributed by atoms with E-state index in [0.29, 0.717) is 46.9 Å². The molecule has 0 saturated carbocycles. The monoisotopic (exact) mass is 482 g/mol. The van der Waals surface area contributed by atoms with Gasteiger partial charge in [-0.3, -0.25) is 10.2 Å². The van der Waals surface area contributed by atoms with Crippen LogP contribution in [0, 0.1) is 11.3 Å². The van der Waals surface area contributed by atoms with E-state index >= 15 is 0 Å². The van der Waals surface area contributed by atoms with E-state index in [0.717, 1.165) is 5.04 Å². The van der Waals surface area contributed by atoms with Crippen molar-refractivity contribution in [2.75, 3.05) is 13.2 Å². The maximum atomic E-state index is 12.6. The zero-order chi connectivity index (χ0) is 23.4. The molecule has 0 fully saturated rings. The summed E-state index contributed by atoms with van der Waals surface area (Å²) < 4.78 is 11.6. The first-order valence-electron chi connectivity index (χ1n) is 10.5. The second kappa shape index (κ2) is 10.2. The van der Waals surface area contributed by atoms with E-state index < -0.39 is 5.91 Å². The molecule has 2 aliphatic rings. The molecular formula is C24H23ClN4O3S. The summed E-state index contributed by atoms with van der Waals surface area (Å²) in [5.41, 5.74) is 0.863. The Bertz CT molecular complexity index is 1180. The molecule has 9 heteroatoms. The van der Waals surface area contributed by atoms with Crippen LogP contribution in [0.5, 0.6) is 11.5 Å². The Morgan fingerprint density at radius 3 is 2.48 bits per heavy atom. The molecule has 2 aliphatic heterocycles. The van der Waals surface area contributed by atoms with Crippen LogP contribution in [0.25, 0.3) is 6.08 Å². The molecule has 0 bridgehead atoms. The number of nitrogens with one attached hydrogen (secondary N) is 1. The van der Waals surface area contributed by atoms with Gasteiger partial charge in [-0.2, -0.15) is 15.1 Å². The molecular weight excluding hydrogens is 460 g/mol. The number of aliphatic imine (C=N–C) groups is 1. The van der Waals surface area contributed by atoms with Crippen molar-refractivity contribution in [3.63, 3.8) is 0 Å². The number of carbonyl (C=O) groups excluding carboxylic acids is 1. The van der Waals surface area contributed by atoms with E-state index in [1.807, 2.05) is 56.3 Å². The van der Waals surface area contributed by atoms with Crippen molar-refractivity contribution >= 4 is 51.4 Å². The lowest BCUT2D eigenvalue weighted by molar-refractivity contribution is -0.114. The minimum atomic E-state index is -0.457. The number of thioether (sulfide) groups is 1. The number of rotatable bonds is 8. The van der Waals surface area contributed by atoms with Crippen LogP contribution in [0.4, 0.5) is 0 Å². The van der Waals surface area contributed by atoms with Gasteiger partial charge in [0.2, 0.25) is 5.17 Å². The van der Waals surface area contributed by atoms with Crippen LogP contribution in [0.1, 0.15) is 25.8 Å². The van der Waals surface area contributed by atoms with Crippen molar-refractivity contribution in [1.82, 2.24) is 5.01 Å². The summed E-state index contributed by atoms with van der Waals surface area (Å²) in [6, 6.07) is 14.7. The third kappa shape index (κ3) is 5.29.